The molecule has 0 heterocycles. The van der Waals surface area contributed by atoms with Gasteiger partial charge >= 0.3 is 6.18 Å². The Hall–Kier alpha value is -0.260. The molecule has 0 amide bonds. The highest BCUT2D eigenvalue weighted by Crippen LogP contribution is 2.36. The summed E-state index contributed by atoms with van der Waals surface area (Å²) in [5.74, 6) is 0. The van der Waals surface area contributed by atoms with E-state index in [1.807, 2.05) is 0 Å². The molecule has 1 aromatic carbocycles. The van der Waals surface area contributed by atoms with Crippen LogP contribution >= 0.6 is 27.5 Å². The summed E-state index contributed by atoms with van der Waals surface area (Å²) in [6.07, 6.45) is -7.24. The minimum absolute atomic E-state index is 0.121. The maximum Gasteiger partial charge on any atom is 0.418 e. The summed E-state index contributed by atoms with van der Waals surface area (Å²) in [4.78, 5) is 0. The predicted octanol–water partition coefficient (Wildman–Crippen LogP) is 3.70. The molecule has 1 rings (SSSR count). The highest BCUT2D eigenvalue weighted by Gasteiger charge is 2.40. The summed E-state index contributed by atoms with van der Waals surface area (Å²) in [6, 6.07) is 3.81. The summed E-state index contributed by atoms with van der Waals surface area (Å²) in [6.45, 7) is 0. The fourth-order valence-corrected chi connectivity index (χ4v) is 1.68. The molecule has 1 N–H and O–H groups in total. The first-order valence-electron chi connectivity index (χ1n) is 3.52. The third-order valence-electron chi connectivity index (χ3n) is 1.57. The van der Waals surface area contributed by atoms with Crippen LogP contribution in [0.25, 0.3) is 0 Å². The normalized spacial score (nSPS) is 14.1. The largest absolute Gasteiger partial charge is 0.418 e. The average Bonchev–Trinajstić information content (AvgIpc) is 2.01. The number of alkyl halides is 3. The molecule has 0 spiro atoms. The molecule has 0 aliphatic carbocycles. The highest BCUT2D eigenvalue weighted by atomic mass is 79.9. The molecule has 0 unspecified atom stereocenters. The summed E-state index contributed by atoms with van der Waals surface area (Å²) < 4.78 is 36.8. The van der Waals surface area contributed by atoms with Crippen molar-refractivity contribution in [3.63, 3.8) is 0 Å². The van der Waals surface area contributed by atoms with Crippen LogP contribution in [0.2, 0.25) is 5.02 Å². The van der Waals surface area contributed by atoms with Crippen molar-refractivity contribution in [1.29, 1.82) is 0 Å². The molecule has 1 atom stereocenters. The Kier molecular flexibility index (Phi) is 3.44. The first kappa shape index (κ1) is 11.8. The molecule has 6 heteroatoms. The lowest BCUT2D eigenvalue weighted by Gasteiger charge is -2.15. The number of halogens is 5. The zero-order valence-electron chi connectivity index (χ0n) is 6.65. The number of aliphatic hydroxyl groups is 1. The topological polar surface area (TPSA) is 20.2 Å². The van der Waals surface area contributed by atoms with Crippen molar-refractivity contribution in [2.45, 2.75) is 12.3 Å². The summed E-state index contributed by atoms with van der Waals surface area (Å²) in [5, 5.41) is 8.78. The maximum absolute atomic E-state index is 12.1. The van der Waals surface area contributed by atoms with Gasteiger partial charge in [0.05, 0.1) is 0 Å². The monoisotopic (exact) mass is 288 g/mol. The van der Waals surface area contributed by atoms with Crippen molar-refractivity contribution in [3.05, 3.63) is 33.3 Å². The van der Waals surface area contributed by atoms with Gasteiger partial charge < -0.3 is 5.11 Å². The van der Waals surface area contributed by atoms with Crippen molar-refractivity contribution in [3.8, 4) is 0 Å². The third-order valence-corrected chi connectivity index (χ3v) is 2.39. The van der Waals surface area contributed by atoms with E-state index in [0.29, 0.717) is 4.47 Å². The van der Waals surface area contributed by atoms with Crippen molar-refractivity contribution in [2.75, 3.05) is 0 Å². The van der Waals surface area contributed by atoms with E-state index in [9.17, 15) is 13.2 Å². The van der Waals surface area contributed by atoms with E-state index in [2.05, 4.69) is 15.9 Å². The molecule has 1 aromatic rings. The van der Waals surface area contributed by atoms with E-state index in [1.165, 1.54) is 12.1 Å². The molecule has 1 nitrogen and oxygen atoms in total. The van der Waals surface area contributed by atoms with Crippen LogP contribution in [-0.4, -0.2) is 11.3 Å². The fourth-order valence-electron chi connectivity index (χ4n) is 0.900. The fraction of sp³-hybridized carbons (Fsp3) is 0.250. The van der Waals surface area contributed by atoms with Gasteiger partial charge in [0, 0.05) is 15.1 Å². The van der Waals surface area contributed by atoms with Crippen LogP contribution in [0.5, 0.6) is 0 Å². The molecular weight excluding hydrogens is 284 g/mol. The smallest absolute Gasteiger partial charge is 0.379 e. The van der Waals surface area contributed by atoms with Gasteiger partial charge in [0.1, 0.15) is 0 Å². The van der Waals surface area contributed by atoms with E-state index in [-0.39, 0.29) is 10.6 Å². The second-order valence-corrected chi connectivity index (χ2v) is 3.93. The van der Waals surface area contributed by atoms with Crippen LogP contribution in [0, 0.1) is 0 Å². The Bertz CT molecular complexity index is 340. The molecule has 0 saturated heterocycles. The van der Waals surface area contributed by atoms with Crippen molar-refractivity contribution < 1.29 is 18.3 Å². The Labute approximate surface area is 91.6 Å². The molecule has 0 fully saturated rings. The van der Waals surface area contributed by atoms with Gasteiger partial charge in [-0.2, -0.15) is 13.2 Å². The zero-order valence-corrected chi connectivity index (χ0v) is 8.99. The second kappa shape index (κ2) is 4.08. The Morgan fingerprint density at radius 2 is 1.93 bits per heavy atom. The zero-order chi connectivity index (χ0) is 10.9. The number of aliphatic hydroxyl groups excluding tert-OH is 1. The standard InChI is InChI=1S/C8H5BrClF3O/c9-4-1-2-5(6(10)3-4)7(14)8(11,12)13/h1-3,7,14H/t7-/m1/s1. The lowest BCUT2D eigenvalue weighted by atomic mass is 10.1. The average molecular weight is 289 g/mol. The molecule has 0 saturated carbocycles. The molecule has 0 aliphatic heterocycles. The van der Waals surface area contributed by atoms with Gasteiger partial charge in [0.15, 0.2) is 6.10 Å². The third kappa shape index (κ3) is 2.62. The molecule has 0 radical (unpaired) electrons. The predicted molar refractivity (Wildman–Crippen MR) is 50.2 cm³/mol. The van der Waals surface area contributed by atoms with E-state index in [0.717, 1.165) is 6.07 Å². The van der Waals surface area contributed by atoms with E-state index in [4.69, 9.17) is 16.7 Å². The maximum atomic E-state index is 12.1. The van der Waals surface area contributed by atoms with Crippen LogP contribution in [0.4, 0.5) is 13.2 Å². The van der Waals surface area contributed by atoms with E-state index in [1.54, 1.807) is 0 Å². The number of hydrogen-bond donors (Lipinski definition) is 1. The SMILES string of the molecule is O[C@H](c1ccc(Br)cc1Cl)C(F)(F)F. The van der Waals surface area contributed by atoms with Crippen LogP contribution in [0.15, 0.2) is 22.7 Å². The molecular formula is C8H5BrClF3O. The quantitative estimate of drug-likeness (QED) is 0.836. The minimum atomic E-state index is -4.70. The van der Waals surface area contributed by atoms with Crippen LogP contribution in [-0.2, 0) is 0 Å². The summed E-state index contributed by atoms with van der Waals surface area (Å²) in [7, 11) is 0. The van der Waals surface area contributed by atoms with Gasteiger partial charge in [0.25, 0.3) is 0 Å². The first-order valence-corrected chi connectivity index (χ1v) is 4.69. The van der Waals surface area contributed by atoms with E-state index < -0.39 is 12.3 Å². The van der Waals surface area contributed by atoms with Gasteiger partial charge in [-0.1, -0.05) is 33.6 Å². The molecule has 0 aromatic heterocycles. The lowest BCUT2D eigenvalue weighted by Crippen LogP contribution is -2.20. The Morgan fingerprint density at radius 3 is 2.36 bits per heavy atom. The van der Waals surface area contributed by atoms with Gasteiger partial charge in [0.2, 0.25) is 0 Å². The van der Waals surface area contributed by atoms with E-state index >= 15 is 0 Å². The van der Waals surface area contributed by atoms with Crippen LogP contribution in [0.1, 0.15) is 11.7 Å². The van der Waals surface area contributed by atoms with Crippen molar-refractivity contribution in [2.24, 2.45) is 0 Å². The Balaban J connectivity index is 3.08. The minimum Gasteiger partial charge on any atom is -0.379 e. The van der Waals surface area contributed by atoms with Gasteiger partial charge in [-0.05, 0) is 12.1 Å². The van der Waals surface area contributed by atoms with Gasteiger partial charge in [-0.15, -0.1) is 0 Å². The summed E-state index contributed by atoms with van der Waals surface area (Å²) in [5.41, 5.74) is -0.345. The molecule has 0 aliphatic rings. The second-order valence-electron chi connectivity index (χ2n) is 2.61. The number of hydrogen-bond acceptors (Lipinski definition) is 1. The van der Waals surface area contributed by atoms with Crippen LogP contribution in [0.3, 0.4) is 0 Å². The van der Waals surface area contributed by atoms with Crippen LogP contribution < -0.4 is 0 Å². The van der Waals surface area contributed by atoms with Crippen molar-refractivity contribution >= 4 is 27.5 Å². The lowest BCUT2D eigenvalue weighted by molar-refractivity contribution is -0.206. The van der Waals surface area contributed by atoms with Gasteiger partial charge in [-0.3, -0.25) is 0 Å². The number of benzene rings is 1. The Morgan fingerprint density at radius 1 is 1.36 bits per heavy atom. The first-order chi connectivity index (χ1) is 6.32. The molecule has 78 valence electrons. The summed E-state index contributed by atoms with van der Waals surface area (Å²) >= 11 is 8.59. The highest BCUT2D eigenvalue weighted by molar-refractivity contribution is 9.10. The molecule has 0 bridgehead atoms. The van der Waals surface area contributed by atoms with Crippen molar-refractivity contribution in [1.82, 2.24) is 0 Å². The molecule has 14 heavy (non-hydrogen) atoms. The van der Waals surface area contributed by atoms with Gasteiger partial charge in [-0.25, -0.2) is 0 Å². The number of rotatable bonds is 1.